The van der Waals surface area contributed by atoms with Crippen molar-refractivity contribution >= 4 is 17.4 Å². The molecule has 5 heteroatoms. The molecule has 0 aromatic heterocycles. The van der Waals surface area contributed by atoms with Crippen LogP contribution in [0.5, 0.6) is 5.75 Å². The highest BCUT2D eigenvalue weighted by atomic mass is 16.5. The van der Waals surface area contributed by atoms with E-state index in [0.29, 0.717) is 0 Å². The summed E-state index contributed by atoms with van der Waals surface area (Å²) < 4.78 is 5.20. The summed E-state index contributed by atoms with van der Waals surface area (Å²) in [7, 11) is 3.50. The van der Waals surface area contributed by atoms with Gasteiger partial charge in [-0.15, -0.1) is 0 Å². The summed E-state index contributed by atoms with van der Waals surface area (Å²) in [6, 6.07) is 17.9. The van der Waals surface area contributed by atoms with Crippen LogP contribution in [0, 0.1) is 0 Å². The number of para-hydroxylation sites is 1. The number of hydrogen-bond donors (Lipinski definition) is 0. The van der Waals surface area contributed by atoms with Crippen molar-refractivity contribution in [2.45, 2.75) is 0 Å². The summed E-state index contributed by atoms with van der Waals surface area (Å²) in [5, 5.41) is 0. The maximum absolute atomic E-state index is 12.6. The molecule has 0 saturated carbocycles. The Labute approximate surface area is 143 Å². The van der Waals surface area contributed by atoms with Gasteiger partial charge in [-0.1, -0.05) is 18.2 Å². The number of methoxy groups -OCH3 is 1. The summed E-state index contributed by atoms with van der Waals surface area (Å²) in [5.74, 6) is 0.858. The van der Waals surface area contributed by atoms with Crippen molar-refractivity contribution in [1.29, 1.82) is 0 Å². The summed E-state index contributed by atoms with van der Waals surface area (Å²) in [4.78, 5) is 18.6. The third-order valence-electron chi connectivity index (χ3n) is 4.42. The van der Waals surface area contributed by atoms with Crippen molar-refractivity contribution in [3.05, 3.63) is 54.6 Å². The summed E-state index contributed by atoms with van der Waals surface area (Å²) in [5.41, 5.74) is 2.08. The van der Waals surface area contributed by atoms with Gasteiger partial charge in [-0.25, -0.2) is 4.79 Å². The van der Waals surface area contributed by atoms with Gasteiger partial charge < -0.3 is 14.5 Å². The molecule has 1 fully saturated rings. The zero-order valence-corrected chi connectivity index (χ0v) is 14.2. The van der Waals surface area contributed by atoms with E-state index in [2.05, 4.69) is 17.0 Å². The fourth-order valence-corrected chi connectivity index (χ4v) is 2.92. The third-order valence-corrected chi connectivity index (χ3v) is 4.42. The maximum atomic E-state index is 12.6. The van der Waals surface area contributed by atoms with Gasteiger partial charge in [0.05, 0.1) is 7.11 Å². The molecule has 1 aliphatic rings. The van der Waals surface area contributed by atoms with Crippen molar-refractivity contribution in [2.24, 2.45) is 0 Å². The second-order valence-electron chi connectivity index (χ2n) is 5.85. The number of urea groups is 1. The molecule has 0 unspecified atom stereocenters. The van der Waals surface area contributed by atoms with Crippen molar-refractivity contribution in [2.75, 3.05) is 50.1 Å². The molecule has 2 aromatic rings. The minimum atomic E-state index is 0.0515. The van der Waals surface area contributed by atoms with Crippen LogP contribution in [0.4, 0.5) is 16.2 Å². The SMILES string of the molecule is COc1ccc(N2CCN(C(=O)N(C)c3ccccc3)CC2)cc1. The van der Waals surface area contributed by atoms with Crippen LogP contribution in [0.3, 0.4) is 0 Å². The molecule has 24 heavy (non-hydrogen) atoms. The molecule has 3 rings (SSSR count). The summed E-state index contributed by atoms with van der Waals surface area (Å²) >= 11 is 0. The third kappa shape index (κ3) is 3.45. The van der Waals surface area contributed by atoms with Gasteiger partial charge in [0.15, 0.2) is 0 Å². The molecule has 5 nitrogen and oxygen atoms in total. The molecule has 0 radical (unpaired) electrons. The van der Waals surface area contributed by atoms with Crippen LogP contribution in [0.25, 0.3) is 0 Å². The Balaban J connectivity index is 1.59. The molecule has 2 aromatic carbocycles. The molecule has 1 aliphatic heterocycles. The predicted molar refractivity (Wildman–Crippen MR) is 97.0 cm³/mol. The number of piperazine rings is 1. The number of amides is 2. The van der Waals surface area contributed by atoms with E-state index >= 15 is 0 Å². The van der Waals surface area contributed by atoms with Gasteiger partial charge in [0.1, 0.15) is 5.75 Å². The molecule has 1 saturated heterocycles. The number of anilines is 2. The lowest BCUT2D eigenvalue weighted by molar-refractivity contribution is 0.202. The first kappa shape index (κ1) is 16.2. The van der Waals surface area contributed by atoms with Gasteiger partial charge in [-0.3, -0.25) is 4.90 Å². The number of ether oxygens (including phenoxy) is 1. The van der Waals surface area contributed by atoms with E-state index in [-0.39, 0.29) is 6.03 Å². The predicted octanol–water partition coefficient (Wildman–Crippen LogP) is 3.07. The second kappa shape index (κ2) is 7.25. The highest BCUT2D eigenvalue weighted by Gasteiger charge is 2.24. The lowest BCUT2D eigenvalue weighted by Crippen LogP contribution is -2.52. The van der Waals surface area contributed by atoms with Gasteiger partial charge in [0, 0.05) is 44.6 Å². The molecule has 126 valence electrons. The molecule has 0 N–H and O–H groups in total. The average Bonchev–Trinajstić information content (AvgIpc) is 2.68. The smallest absolute Gasteiger partial charge is 0.324 e. The normalized spacial score (nSPS) is 14.4. The first-order valence-corrected chi connectivity index (χ1v) is 8.16. The van der Waals surface area contributed by atoms with Crippen LogP contribution in [-0.4, -0.2) is 51.3 Å². The fraction of sp³-hybridized carbons (Fsp3) is 0.316. The van der Waals surface area contributed by atoms with Crippen LogP contribution in [0.2, 0.25) is 0 Å². The highest BCUT2D eigenvalue weighted by molar-refractivity contribution is 5.91. The summed E-state index contributed by atoms with van der Waals surface area (Å²) in [6.45, 7) is 3.12. The Morgan fingerprint density at radius 3 is 2.17 bits per heavy atom. The van der Waals surface area contributed by atoms with Gasteiger partial charge in [0.2, 0.25) is 0 Å². The van der Waals surface area contributed by atoms with E-state index in [0.717, 1.165) is 37.6 Å². The lowest BCUT2D eigenvalue weighted by atomic mass is 10.2. The minimum absolute atomic E-state index is 0.0515. The van der Waals surface area contributed by atoms with Gasteiger partial charge in [-0.2, -0.15) is 0 Å². The second-order valence-corrected chi connectivity index (χ2v) is 5.85. The first-order chi connectivity index (χ1) is 11.7. The van der Waals surface area contributed by atoms with Crippen LogP contribution >= 0.6 is 0 Å². The van der Waals surface area contributed by atoms with E-state index in [1.807, 2.05) is 54.4 Å². The topological polar surface area (TPSA) is 36.0 Å². The number of carbonyl (C=O) groups excluding carboxylic acids is 1. The van der Waals surface area contributed by atoms with E-state index < -0.39 is 0 Å². The number of rotatable bonds is 3. The van der Waals surface area contributed by atoms with Gasteiger partial charge in [0.25, 0.3) is 0 Å². The maximum Gasteiger partial charge on any atom is 0.324 e. The van der Waals surface area contributed by atoms with Crippen LogP contribution in [0.1, 0.15) is 0 Å². The molecule has 0 aliphatic carbocycles. The molecule has 0 atom stereocenters. The largest absolute Gasteiger partial charge is 0.497 e. The summed E-state index contributed by atoms with van der Waals surface area (Å²) in [6.07, 6.45) is 0. The lowest BCUT2D eigenvalue weighted by Gasteiger charge is -2.37. The van der Waals surface area contributed by atoms with Crippen molar-refractivity contribution < 1.29 is 9.53 Å². The monoisotopic (exact) mass is 325 g/mol. The van der Waals surface area contributed by atoms with Crippen molar-refractivity contribution in [3.8, 4) is 5.75 Å². The highest BCUT2D eigenvalue weighted by Crippen LogP contribution is 2.21. The van der Waals surface area contributed by atoms with Crippen molar-refractivity contribution in [1.82, 2.24) is 4.90 Å². The van der Waals surface area contributed by atoms with Gasteiger partial charge in [-0.05, 0) is 36.4 Å². The van der Waals surface area contributed by atoms with Crippen molar-refractivity contribution in [3.63, 3.8) is 0 Å². The van der Waals surface area contributed by atoms with Crippen LogP contribution in [-0.2, 0) is 0 Å². The fourth-order valence-electron chi connectivity index (χ4n) is 2.92. The van der Waals surface area contributed by atoms with E-state index in [1.54, 1.807) is 12.0 Å². The molecule has 2 amide bonds. The van der Waals surface area contributed by atoms with E-state index in [4.69, 9.17) is 4.74 Å². The molecule has 0 spiro atoms. The Kier molecular flexibility index (Phi) is 4.89. The number of carbonyl (C=O) groups is 1. The van der Waals surface area contributed by atoms with E-state index in [1.165, 1.54) is 5.69 Å². The number of nitrogens with zero attached hydrogens (tertiary/aromatic N) is 3. The minimum Gasteiger partial charge on any atom is -0.497 e. The molecule has 0 bridgehead atoms. The standard InChI is InChI=1S/C19H23N3O2/c1-20(16-6-4-3-5-7-16)19(23)22-14-12-21(13-15-22)17-8-10-18(24-2)11-9-17/h3-11H,12-15H2,1-2H3. The zero-order valence-electron chi connectivity index (χ0n) is 14.2. The number of benzene rings is 2. The number of hydrogen-bond acceptors (Lipinski definition) is 3. The Morgan fingerprint density at radius 2 is 1.58 bits per heavy atom. The zero-order chi connectivity index (χ0) is 16.9. The quantitative estimate of drug-likeness (QED) is 0.870. The van der Waals surface area contributed by atoms with Gasteiger partial charge >= 0.3 is 6.03 Å². The Hall–Kier alpha value is -2.69. The average molecular weight is 325 g/mol. The molecule has 1 heterocycles. The Bertz CT molecular complexity index is 665. The Morgan fingerprint density at radius 1 is 0.958 bits per heavy atom. The van der Waals surface area contributed by atoms with Crippen LogP contribution in [0.15, 0.2) is 54.6 Å². The molecular weight excluding hydrogens is 302 g/mol. The van der Waals surface area contributed by atoms with E-state index in [9.17, 15) is 4.79 Å². The first-order valence-electron chi connectivity index (χ1n) is 8.16. The van der Waals surface area contributed by atoms with Crippen LogP contribution < -0.4 is 14.5 Å². The molecular formula is C19H23N3O2.